The summed E-state index contributed by atoms with van der Waals surface area (Å²) in [6.45, 7) is 10.2. The van der Waals surface area contributed by atoms with Crippen LogP contribution in [0, 0.1) is 5.92 Å². The van der Waals surface area contributed by atoms with Crippen molar-refractivity contribution in [2.75, 3.05) is 32.9 Å². The maximum absolute atomic E-state index is 13.3. The van der Waals surface area contributed by atoms with Crippen molar-refractivity contribution < 1.29 is 28.6 Å². The van der Waals surface area contributed by atoms with Crippen molar-refractivity contribution >= 4 is 18.0 Å². The largest absolute Gasteiger partial charge is 0.461 e. The highest BCUT2D eigenvalue weighted by Crippen LogP contribution is 2.29. The number of carbonyl (C=O) groups is 2. The molecule has 4 rings (SSSR count). The van der Waals surface area contributed by atoms with Crippen LogP contribution in [-0.2, 0) is 35.2 Å². The molecule has 2 N–H and O–H groups in total. The standard InChI is InChI=1S/C31H48N4O6/c1-23(2)22-39-24(3)41-34-29(36)11-9-25-8-10-27(32-20-25)21-35-16-12-26(13-17-35)33-31(14-18-38-19-15-31)30(37)40-28-6-4-5-7-28/h8-11,20,23-24,26,28,33H,4-7,12-19,21-22H2,1-3H3,(H,34,36). The normalized spacial score (nSPS) is 21.4. The van der Waals surface area contributed by atoms with Gasteiger partial charge in [-0.3, -0.25) is 24.8 Å². The lowest BCUT2D eigenvalue weighted by Gasteiger charge is -2.41. The smallest absolute Gasteiger partial charge is 0.326 e. The number of likely N-dealkylation sites (tertiary alicyclic amines) is 1. The van der Waals surface area contributed by atoms with Crippen LogP contribution >= 0.6 is 0 Å². The molecule has 1 aromatic heterocycles. The Bertz CT molecular complexity index is 981. The minimum atomic E-state index is -0.624. The second-order valence-corrected chi connectivity index (χ2v) is 12.0. The van der Waals surface area contributed by atoms with Crippen molar-refractivity contribution in [3.05, 3.63) is 35.7 Å². The van der Waals surface area contributed by atoms with E-state index >= 15 is 0 Å². The second-order valence-electron chi connectivity index (χ2n) is 12.0. The summed E-state index contributed by atoms with van der Waals surface area (Å²) in [5.74, 6) is -0.0487. The molecule has 2 saturated heterocycles. The lowest BCUT2D eigenvalue weighted by Crippen LogP contribution is -2.61. The minimum Gasteiger partial charge on any atom is -0.461 e. The van der Waals surface area contributed by atoms with E-state index in [4.69, 9.17) is 19.0 Å². The summed E-state index contributed by atoms with van der Waals surface area (Å²) in [6, 6.07) is 4.23. The Balaban J connectivity index is 1.19. The van der Waals surface area contributed by atoms with Gasteiger partial charge in [0.1, 0.15) is 11.6 Å². The number of amides is 1. The molecule has 1 aliphatic carbocycles. The number of piperidine rings is 1. The third-order valence-electron chi connectivity index (χ3n) is 8.03. The zero-order valence-corrected chi connectivity index (χ0v) is 24.9. The first kappa shape index (κ1) is 31.6. The van der Waals surface area contributed by atoms with Crippen LogP contribution in [-0.4, -0.2) is 78.6 Å². The molecule has 1 aromatic rings. The van der Waals surface area contributed by atoms with Gasteiger partial charge in [0.15, 0.2) is 6.29 Å². The maximum atomic E-state index is 13.3. The molecule has 3 aliphatic rings. The fourth-order valence-corrected chi connectivity index (χ4v) is 5.59. The predicted molar refractivity (Wildman–Crippen MR) is 155 cm³/mol. The number of ether oxygens (including phenoxy) is 3. The molecule has 0 aromatic carbocycles. The van der Waals surface area contributed by atoms with E-state index < -0.39 is 11.8 Å². The first-order chi connectivity index (χ1) is 19.8. The lowest BCUT2D eigenvalue weighted by molar-refractivity contribution is -0.180. The minimum absolute atomic E-state index is 0.0785. The molecule has 2 aliphatic heterocycles. The van der Waals surface area contributed by atoms with Crippen molar-refractivity contribution in [3.8, 4) is 0 Å². The first-order valence-electron chi connectivity index (χ1n) is 15.3. The van der Waals surface area contributed by atoms with Gasteiger partial charge < -0.3 is 14.2 Å². The van der Waals surface area contributed by atoms with Gasteiger partial charge in [0.05, 0.1) is 12.3 Å². The van der Waals surface area contributed by atoms with E-state index in [1.54, 1.807) is 19.2 Å². The summed E-state index contributed by atoms with van der Waals surface area (Å²) in [4.78, 5) is 37.5. The van der Waals surface area contributed by atoms with Crippen LogP contribution in [0.5, 0.6) is 0 Å². The van der Waals surface area contributed by atoms with Crippen molar-refractivity contribution in [2.24, 2.45) is 5.92 Å². The molecule has 1 saturated carbocycles. The van der Waals surface area contributed by atoms with Gasteiger partial charge in [-0.1, -0.05) is 19.9 Å². The fourth-order valence-electron chi connectivity index (χ4n) is 5.59. The average molecular weight is 573 g/mol. The SMILES string of the molecule is CC(C)COC(C)ONC(=O)C=Cc1ccc(CN2CCC(NC3(C(=O)OC4CCCC4)CCOCC3)CC2)nc1. The number of hydroxylamine groups is 1. The molecule has 1 amide bonds. The van der Waals surface area contributed by atoms with E-state index in [9.17, 15) is 9.59 Å². The summed E-state index contributed by atoms with van der Waals surface area (Å²) in [5, 5.41) is 3.73. The lowest BCUT2D eigenvalue weighted by atomic mass is 9.87. The third kappa shape index (κ3) is 10.1. The summed E-state index contributed by atoms with van der Waals surface area (Å²) < 4.78 is 17.0. The number of carbonyl (C=O) groups excluding carboxylic acids is 2. The molecule has 10 heteroatoms. The molecular formula is C31H48N4O6. The number of hydrogen-bond acceptors (Lipinski definition) is 9. The number of nitrogens with one attached hydrogen (secondary N) is 2. The molecule has 0 radical (unpaired) electrons. The van der Waals surface area contributed by atoms with E-state index in [1.165, 1.54) is 6.08 Å². The van der Waals surface area contributed by atoms with Gasteiger partial charge in [0.25, 0.3) is 5.91 Å². The van der Waals surface area contributed by atoms with Crippen LogP contribution in [0.15, 0.2) is 24.4 Å². The summed E-state index contributed by atoms with van der Waals surface area (Å²) in [7, 11) is 0. The monoisotopic (exact) mass is 572 g/mol. The molecule has 1 atom stereocenters. The van der Waals surface area contributed by atoms with Gasteiger partial charge in [-0.25, -0.2) is 10.3 Å². The number of rotatable bonds is 13. The van der Waals surface area contributed by atoms with Gasteiger partial charge in [-0.05, 0) is 81.9 Å². The highest BCUT2D eigenvalue weighted by atomic mass is 16.8. The average Bonchev–Trinajstić information content (AvgIpc) is 3.49. The predicted octanol–water partition coefficient (Wildman–Crippen LogP) is 3.75. The van der Waals surface area contributed by atoms with Crippen LogP contribution in [0.25, 0.3) is 6.08 Å². The van der Waals surface area contributed by atoms with E-state index in [1.807, 2.05) is 12.1 Å². The Kier molecular flexibility index (Phi) is 12.1. The summed E-state index contributed by atoms with van der Waals surface area (Å²) in [5.41, 5.74) is 3.58. The Hall–Kier alpha value is -2.37. The van der Waals surface area contributed by atoms with Gasteiger partial charge in [-0.2, -0.15) is 0 Å². The Morgan fingerprint density at radius 3 is 2.51 bits per heavy atom. The number of nitrogens with zero attached hydrogens (tertiary/aromatic N) is 2. The van der Waals surface area contributed by atoms with Gasteiger partial charge in [0.2, 0.25) is 0 Å². The highest BCUT2D eigenvalue weighted by molar-refractivity contribution is 5.90. The number of esters is 1. The molecule has 41 heavy (non-hydrogen) atoms. The fraction of sp³-hybridized carbons (Fsp3) is 0.710. The van der Waals surface area contributed by atoms with E-state index in [-0.39, 0.29) is 24.0 Å². The van der Waals surface area contributed by atoms with Crippen LogP contribution in [0.2, 0.25) is 0 Å². The van der Waals surface area contributed by atoms with Gasteiger partial charge >= 0.3 is 5.97 Å². The molecular weight excluding hydrogens is 524 g/mol. The molecule has 3 heterocycles. The quantitative estimate of drug-likeness (QED) is 0.158. The second kappa shape index (κ2) is 15.7. The van der Waals surface area contributed by atoms with Gasteiger partial charge in [-0.15, -0.1) is 0 Å². The summed E-state index contributed by atoms with van der Waals surface area (Å²) in [6.07, 6.45) is 12.0. The topological polar surface area (TPSA) is 111 Å². The zero-order valence-electron chi connectivity index (χ0n) is 24.9. The molecule has 1 unspecified atom stereocenters. The van der Waals surface area contributed by atoms with Crippen molar-refractivity contribution in [3.63, 3.8) is 0 Å². The van der Waals surface area contributed by atoms with Crippen LogP contribution < -0.4 is 10.8 Å². The van der Waals surface area contributed by atoms with Crippen molar-refractivity contribution in [1.29, 1.82) is 0 Å². The number of aromatic nitrogens is 1. The van der Waals surface area contributed by atoms with Crippen LogP contribution in [0.3, 0.4) is 0 Å². The van der Waals surface area contributed by atoms with E-state index in [0.29, 0.717) is 38.6 Å². The maximum Gasteiger partial charge on any atom is 0.326 e. The van der Waals surface area contributed by atoms with Crippen molar-refractivity contribution in [2.45, 2.75) is 103 Å². The zero-order chi connectivity index (χ0) is 29.1. The van der Waals surface area contributed by atoms with Crippen molar-refractivity contribution in [1.82, 2.24) is 20.7 Å². The van der Waals surface area contributed by atoms with E-state index in [0.717, 1.165) is 69.4 Å². The first-order valence-corrected chi connectivity index (χ1v) is 15.3. The van der Waals surface area contributed by atoms with Crippen LogP contribution in [0.4, 0.5) is 0 Å². The Morgan fingerprint density at radius 2 is 1.85 bits per heavy atom. The Morgan fingerprint density at radius 1 is 1.12 bits per heavy atom. The molecule has 0 spiro atoms. The number of hydrogen-bond donors (Lipinski definition) is 2. The molecule has 3 fully saturated rings. The van der Waals surface area contributed by atoms with E-state index in [2.05, 4.69) is 34.5 Å². The summed E-state index contributed by atoms with van der Waals surface area (Å²) >= 11 is 0. The molecule has 228 valence electrons. The number of pyridine rings is 1. The Labute approximate surface area is 244 Å². The third-order valence-corrected chi connectivity index (χ3v) is 8.03. The molecule has 0 bridgehead atoms. The highest BCUT2D eigenvalue weighted by Gasteiger charge is 2.44. The van der Waals surface area contributed by atoms with Gasteiger partial charge in [0, 0.05) is 51.2 Å². The van der Waals surface area contributed by atoms with Crippen LogP contribution in [0.1, 0.15) is 83.4 Å². The molecule has 10 nitrogen and oxygen atoms in total.